The van der Waals surface area contributed by atoms with E-state index >= 15 is 0 Å². The molecule has 2 amide bonds. The Hall–Kier alpha value is -2.65. The average Bonchev–Trinajstić information content (AvgIpc) is 2.76. The highest BCUT2D eigenvalue weighted by atomic mass is 16.6. The highest BCUT2D eigenvalue weighted by Crippen LogP contribution is 2.22. The third-order valence-electron chi connectivity index (χ3n) is 5.51. The molecule has 0 aliphatic carbocycles. The van der Waals surface area contributed by atoms with Gasteiger partial charge in [0, 0.05) is 38.3 Å². The Morgan fingerprint density at radius 3 is 2.22 bits per heavy atom. The maximum atomic E-state index is 12.2. The summed E-state index contributed by atoms with van der Waals surface area (Å²) in [7, 11) is 0. The number of aliphatic hydroxyl groups is 1. The number of ether oxygens (including phenoxy) is 2. The number of rotatable bonds is 9. The minimum absolute atomic E-state index is 0.0114. The zero-order valence-corrected chi connectivity index (χ0v) is 22.6. The number of carbonyl (C=O) groups is 3. The number of esters is 1. The van der Waals surface area contributed by atoms with Crippen molar-refractivity contribution in [3.05, 3.63) is 29.8 Å². The van der Waals surface area contributed by atoms with Crippen molar-refractivity contribution in [2.45, 2.75) is 84.5 Å². The van der Waals surface area contributed by atoms with Crippen LogP contribution in [0.3, 0.4) is 0 Å². The maximum Gasteiger partial charge on any atom is 0.410 e. The SMILES string of the molecule is CC(C)(C)OC(=O)CCC(=O)Nc1cccc([C@H](O)CCCN2CCN(C(=O)OC(C)(C)C)CC2)c1. The summed E-state index contributed by atoms with van der Waals surface area (Å²) in [5.74, 6) is -0.689. The Morgan fingerprint density at radius 2 is 1.61 bits per heavy atom. The van der Waals surface area contributed by atoms with Crippen LogP contribution in [-0.4, -0.2) is 76.8 Å². The van der Waals surface area contributed by atoms with Gasteiger partial charge in [-0.2, -0.15) is 0 Å². The van der Waals surface area contributed by atoms with Crippen molar-refractivity contribution in [2.75, 3.05) is 38.0 Å². The lowest BCUT2D eigenvalue weighted by Gasteiger charge is -2.35. The molecule has 1 saturated heterocycles. The van der Waals surface area contributed by atoms with Gasteiger partial charge in [-0.05, 0) is 78.6 Å². The van der Waals surface area contributed by atoms with E-state index in [4.69, 9.17) is 9.47 Å². The van der Waals surface area contributed by atoms with Gasteiger partial charge in [-0.25, -0.2) is 4.79 Å². The molecule has 1 aromatic carbocycles. The largest absolute Gasteiger partial charge is 0.460 e. The molecule has 36 heavy (non-hydrogen) atoms. The predicted molar refractivity (Wildman–Crippen MR) is 139 cm³/mol. The molecule has 0 saturated carbocycles. The third-order valence-corrected chi connectivity index (χ3v) is 5.51. The van der Waals surface area contributed by atoms with Gasteiger partial charge < -0.3 is 24.8 Å². The number of nitrogens with one attached hydrogen (secondary N) is 1. The van der Waals surface area contributed by atoms with E-state index in [-0.39, 0.29) is 24.8 Å². The highest BCUT2D eigenvalue weighted by Gasteiger charge is 2.25. The number of piperazine rings is 1. The first kappa shape index (κ1) is 29.6. The van der Waals surface area contributed by atoms with E-state index in [1.165, 1.54) is 0 Å². The number of nitrogens with zero attached hydrogens (tertiary/aromatic N) is 2. The zero-order valence-electron chi connectivity index (χ0n) is 22.6. The first-order valence-corrected chi connectivity index (χ1v) is 12.7. The van der Waals surface area contributed by atoms with Crippen molar-refractivity contribution in [1.29, 1.82) is 0 Å². The Bertz CT molecular complexity index is 882. The standard InChI is InChI=1S/C27H43N3O6/c1-26(2,3)35-24(33)13-12-23(32)28-21-10-7-9-20(19-21)22(31)11-8-14-29-15-17-30(18-16-29)25(34)36-27(4,5)6/h7,9-10,19,22,31H,8,11-18H2,1-6H3,(H,28,32)/t22-/m1/s1. The summed E-state index contributed by atoms with van der Waals surface area (Å²) in [6, 6.07) is 7.14. The predicted octanol–water partition coefficient (Wildman–Crippen LogP) is 4.11. The Kier molecular flexibility index (Phi) is 10.7. The summed E-state index contributed by atoms with van der Waals surface area (Å²) in [5.41, 5.74) is 0.241. The maximum absolute atomic E-state index is 12.2. The number of aliphatic hydroxyl groups excluding tert-OH is 1. The minimum atomic E-state index is -0.647. The molecule has 1 heterocycles. The van der Waals surface area contributed by atoms with E-state index in [1.54, 1.807) is 43.9 Å². The Morgan fingerprint density at radius 1 is 0.972 bits per heavy atom. The minimum Gasteiger partial charge on any atom is -0.460 e. The van der Waals surface area contributed by atoms with E-state index < -0.39 is 23.3 Å². The molecule has 1 atom stereocenters. The molecule has 9 heteroatoms. The van der Waals surface area contributed by atoms with E-state index in [2.05, 4.69) is 10.2 Å². The fraction of sp³-hybridized carbons (Fsp3) is 0.667. The third kappa shape index (κ3) is 11.4. The van der Waals surface area contributed by atoms with E-state index in [0.29, 0.717) is 25.2 Å². The van der Waals surface area contributed by atoms with Crippen molar-refractivity contribution < 1.29 is 29.0 Å². The molecule has 0 unspecified atom stereocenters. The topological polar surface area (TPSA) is 108 Å². The molecule has 0 bridgehead atoms. The summed E-state index contributed by atoms with van der Waals surface area (Å²) >= 11 is 0. The molecule has 0 spiro atoms. The van der Waals surface area contributed by atoms with E-state index in [0.717, 1.165) is 31.6 Å². The lowest BCUT2D eigenvalue weighted by atomic mass is 10.0. The summed E-state index contributed by atoms with van der Waals surface area (Å²) in [6.07, 6.45) is 0.518. The van der Waals surface area contributed by atoms with Gasteiger partial charge in [-0.3, -0.25) is 14.5 Å². The van der Waals surface area contributed by atoms with Crippen molar-refractivity contribution in [3.8, 4) is 0 Å². The van der Waals surface area contributed by atoms with Gasteiger partial charge in [0.25, 0.3) is 0 Å². The van der Waals surface area contributed by atoms with Gasteiger partial charge in [0.05, 0.1) is 12.5 Å². The molecule has 1 aliphatic heterocycles. The van der Waals surface area contributed by atoms with Gasteiger partial charge in [0.2, 0.25) is 5.91 Å². The monoisotopic (exact) mass is 505 g/mol. The first-order valence-electron chi connectivity index (χ1n) is 12.7. The molecule has 1 aromatic rings. The summed E-state index contributed by atoms with van der Waals surface area (Å²) in [6.45, 7) is 14.6. The second kappa shape index (κ2) is 13.1. The van der Waals surface area contributed by atoms with E-state index in [1.807, 2.05) is 26.8 Å². The quantitative estimate of drug-likeness (QED) is 0.486. The molecular formula is C27H43N3O6. The molecular weight excluding hydrogens is 462 g/mol. The van der Waals surface area contributed by atoms with Crippen molar-refractivity contribution >= 4 is 23.7 Å². The van der Waals surface area contributed by atoms with E-state index in [9.17, 15) is 19.5 Å². The van der Waals surface area contributed by atoms with Gasteiger partial charge >= 0.3 is 12.1 Å². The average molecular weight is 506 g/mol. The van der Waals surface area contributed by atoms with Crippen LogP contribution in [0, 0.1) is 0 Å². The molecule has 202 valence electrons. The number of carbonyl (C=O) groups excluding carboxylic acids is 3. The summed E-state index contributed by atoms with van der Waals surface area (Å²) in [4.78, 5) is 40.3. The Labute approximate surface area is 215 Å². The molecule has 1 fully saturated rings. The lowest BCUT2D eigenvalue weighted by molar-refractivity contribution is -0.155. The molecule has 0 aromatic heterocycles. The summed E-state index contributed by atoms with van der Waals surface area (Å²) in [5, 5.41) is 13.4. The Balaban J connectivity index is 1.72. The highest BCUT2D eigenvalue weighted by molar-refractivity contribution is 5.92. The van der Waals surface area contributed by atoms with Crippen molar-refractivity contribution in [2.24, 2.45) is 0 Å². The number of hydrogen-bond acceptors (Lipinski definition) is 7. The number of amides is 2. The molecule has 9 nitrogen and oxygen atoms in total. The molecule has 0 radical (unpaired) electrons. The van der Waals surface area contributed by atoms with Crippen LogP contribution in [-0.2, 0) is 19.1 Å². The van der Waals surface area contributed by atoms with Crippen LogP contribution in [0.5, 0.6) is 0 Å². The normalized spacial score (nSPS) is 15.8. The number of benzene rings is 1. The lowest BCUT2D eigenvalue weighted by Crippen LogP contribution is -2.50. The fourth-order valence-electron chi connectivity index (χ4n) is 3.81. The number of anilines is 1. The van der Waals surface area contributed by atoms with Gasteiger partial charge in [-0.15, -0.1) is 0 Å². The molecule has 2 N–H and O–H groups in total. The van der Waals surface area contributed by atoms with Crippen LogP contribution in [0.2, 0.25) is 0 Å². The van der Waals surface area contributed by atoms with Crippen LogP contribution in [0.1, 0.15) is 78.9 Å². The second-order valence-corrected chi connectivity index (χ2v) is 11.2. The van der Waals surface area contributed by atoms with Crippen molar-refractivity contribution in [3.63, 3.8) is 0 Å². The van der Waals surface area contributed by atoms with Crippen LogP contribution in [0.15, 0.2) is 24.3 Å². The summed E-state index contributed by atoms with van der Waals surface area (Å²) < 4.78 is 10.7. The zero-order chi connectivity index (χ0) is 26.9. The fourth-order valence-corrected chi connectivity index (χ4v) is 3.81. The van der Waals surface area contributed by atoms with Gasteiger partial charge in [0.15, 0.2) is 0 Å². The van der Waals surface area contributed by atoms with Crippen LogP contribution >= 0.6 is 0 Å². The van der Waals surface area contributed by atoms with Crippen LogP contribution in [0.4, 0.5) is 10.5 Å². The first-order chi connectivity index (χ1) is 16.7. The van der Waals surface area contributed by atoms with Gasteiger partial charge in [-0.1, -0.05) is 12.1 Å². The van der Waals surface area contributed by atoms with Crippen LogP contribution in [0.25, 0.3) is 0 Å². The van der Waals surface area contributed by atoms with Gasteiger partial charge in [0.1, 0.15) is 11.2 Å². The smallest absolute Gasteiger partial charge is 0.410 e. The number of hydrogen-bond donors (Lipinski definition) is 2. The molecule has 2 rings (SSSR count). The van der Waals surface area contributed by atoms with Crippen molar-refractivity contribution in [1.82, 2.24) is 9.80 Å². The second-order valence-electron chi connectivity index (χ2n) is 11.2. The molecule has 1 aliphatic rings. The van der Waals surface area contributed by atoms with Crippen LogP contribution < -0.4 is 5.32 Å².